The fourth-order valence-corrected chi connectivity index (χ4v) is 3.57. The van der Waals surface area contributed by atoms with Gasteiger partial charge in [-0.3, -0.25) is 4.79 Å². The number of furan rings is 1. The van der Waals surface area contributed by atoms with Gasteiger partial charge in [-0.2, -0.15) is 5.26 Å². The SMILES string of the molecule is Cc1c(C#N)c(NC(=O)COC(=O)/C=C/c2ccc3ccccc3n2)n(Cc2ccco2)c1C. The van der Waals surface area contributed by atoms with Crippen LogP contribution in [0.3, 0.4) is 0 Å². The number of anilines is 1. The Bertz CT molecular complexity index is 1430. The highest BCUT2D eigenvalue weighted by atomic mass is 16.5. The molecule has 0 saturated heterocycles. The molecule has 0 unspecified atom stereocenters. The lowest BCUT2D eigenvalue weighted by Crippen LogP contribution is -2.22. The quantitative estimate of drug-likeness (QED) is 0.328. The van der Waals surface area contributed by atoms with Crippen molar-refractivity contribution in [1.82, 2.24) is 9.55 Å². The molecule has 4 rings (SSSR count). The smallest absolute Gasteiger partial charge is 0.331 e. The lowest BCUT2D eigenvalue weighted by Gasteiger charge is -2.12. The number of pyridine rings is 1. The maximum atomic E-state index is 12.5. The molecule has 34 heavy (non-hydrogen) atoms. The second-order valence-electron chi connectivity index (χ2n) is 7.63. The van der Waals surface area contributed by atoms with E-state index in [1.54, 1.807) is 23.0 Å². The molecule has 0 atom stereocenters. The summed E-state index contributed by atoms with van der Waals surface area (Å²) in [5.74, 6) is -0.216. The van der Waals surface area contributed by atoms with Crippen LogP contribution in [0.1, 0.15) is 28.3 Å². The van der Waals surface area contributed by atoms with Crippen molar-refractivity contribution in [2.24, 2.45) is 0 Å². The number of ether oxygens (including phenoxy) is 1. The van der Waals surface area contributed by atoms with E-state index in [1.807, 2.05) is 50.2 Å². The molecule has 170 valence electrons. The van der Waals surface area contributed by atoms with Crippen LogP contribution in [0, 0.1) is 25.2 Å². The number of esters is 1. The van der Waals surface area contributed by atoms with Crippen LogP contribution in [0.15, 0.2) is 65.3 Å². The number of hydrogen-bond donors (Lipinski definition) is 1. The summed E-state index contributed by atoms with van der Waals surface area (Å²) in [6, 6.07) is 17.1. The number of hydrogen-bond acceptors (Lipinski definition) is 6. The largest absolute Gasteiger partial charge is 0.467 e. The van der Waals surface area contributed by atoms with Crippen LogP contribution in [-0.2, 0) is 20.9 Å². The molecule has 8 nitrogen and oxygen atoms in total. The minimum Gasteiger partial charge on any atom is -0.467 e. The fourth-order valence-electron chi connectivity index (χ4n) is 3.57. The van der Waals surface area contributed by atoms with Crippen molar-refractivity contribution in [3.8, 4) is 6.07 Å². The van der Waals surface area contributed by atoms with Crippen LogP contribution in [-0.4, -0.2) is 28.0 Å². The molecule has 3 heterocycles. The molecule has 0 bridgehead atoms. The summed E-state index contributed by atoms with van der Waals surface area (Å²) >= 11 is 0. The Morgan fingerprint density at radius 2 is 2.00 bits per heavy atom. The lowest BCUT2D eigenvalue weighted by atomic mass is 10.2. The zero-order valence-electron chi connectivity index (χ0n) is 18.7. The highest BCUT2D eigenvalue weighted by molar-refractivity contribution is 5.95. The first-order chi connectivity index (χ1) is 16.5. The first-order valence-corrected chi connectivity index (χ1v) is 10.6. The molecule has 0 saturated carbocycles. The van der Waals surface area contributed by atoms with Gasteiger partial charge in [-0.05, 0) is 49.8 Å². The Morgan fingerprint density at radius 1 is 1.18 bits per heavy atom. The number of amides is 1. The van der Waals surface area contributed by atoms with Gasteiger partial charge in [0.2, 0.25) is 0 Å². The molecule has 0 aliphatic rings. The second kappa shape index (κ2) is 9.88. The van der Waals surface area contributed by atoms with E-state index in [2.05, 4.69) is 16.4 Å². The summed E-state index contributed by atoms with van der Waals surface area (Å²) in [6.45, 7) is 3.52. The normalized spacial score (nSPS) is 11.0. The summed E-state index contributed by atoms with van der Waals surface area (Å²) in [7, 11) is 0. The summed E-state index contributed by atoms with van der Waals surface area (Å²) in [4.78, 5) is 29.1. The topological polar surface area (TPSA) is 110 Å². The number of nitrogens with zero attached hydrogens (tertiary/aromatic N) is 3. The Morgan fingerprint density at radius 3 is 2.76 bits per heavy atom. The molecular formula is C26H22N4O4. The van der Waals surface area contributed by atoms with Crippen LogP contribution < -0.4 is 5.32 Å². The van der Waals surface area contributed by atoms with Crippen molar-refractivity contribution in [3.05, 3.63) is 89.1 Å². The molecule has 1 N–H and O–H groups in total. The van der Waals surface area contributed by atoms with Crippen molar-refractivity contribution in [1.29, 1.82) is 5.26 Å². The first kappa shape index (κ1) is 22.6. The molecule has 0 aliphatic carbocycles. The van der Waals surface area contributed by atoms with Gasteiger partial charge < -0.3 is 19.0 Å². The number of rotatable bonds is 7. The third-order valence-corrected chi connectivity index (χ3v) is 5.45. The Balaban J connectivity index is 1.40. The van der Waals surface area contributed by atoms with Gasteiger partial charge in [-0.1, -0.05) is 24.3 Å². The van der Waals surface area contributed by atoms with Crippen LogP contribution in [0.5, 0.6) is 0 Å². The predicted molar refractivity (Wildman–Crippen MR) is 127 cm³/mol. The van der Waals surface area contributed by atoms with Gasteiger partial charge in [0.05, 0.1) is 29.6 Å². The van der Waals surface area contributed by atoms with Gasteiger partial charge in [0.25, 0.3) is 5.91 Å². The van der Waals surface area contributed by atoms with Crippen LogP contribution in [0.2, 0.25) is 0 Å². The van der Waals surface area contributed by atoms with Gasteiger partial charge >= 0.3 is 5.97 Å². The Labute approximate surface area is 196 Å². The van der Waals surface area contributed by atoms with Crippen molar-refractivity contribution < 1.29 is 18.7 Å². The first-order valence-electron chi connectivity index (χ1n) is 10.6. The average molecular weight is 454 g/mol. The summed E-state index contributed by atoms with van der Waals surface area (Å²) in [5.41, 5.74) is 3.35. The monoisotopic (exact) mass is 454 g/mol. The zero-order chi connectivity index (χ0) is 24.1. The van der Waals surface area contributed by atoms with Crippen molar-refractivity contribution in [2.45, 2.75) is 20.4 Å². The number of fused-ring (bicyclic) bond motifs is 1. The van der Waals surface area contributed by atoms with Crippen molar-refractivity contribution in [3.63, 3.8) is 0 Å². The highest BCUT2D eigenvalue weighted by Gasteiger charge is 2.20. The van der Waals surface area contributed by atoms with E-state index in [0.717, 1.165) is 22.2 Å². The average Bonchev–Trinajstić information content (AvgIpc) is 3.44. The second-order valence-corrected chi connectivity index (χ2v) is 7.63. The third kappa shape index (κ3) is 4.89. The van der Waals surface area contributed by atoms with E-state index in [0.29, 0.717) is 29.4 Å². The maximum Gasteiger partial charge on any atom is 0.331 e. The summed E-state index contributed by atoms with van der Waals surface area (Å²) in [6.07, 6.45) is 4.31. The van der Waals surface area contributed by atoms with Crippen molar-refractivity contribution >= 4 is 34.7 Å². The van der Waals surface area contributed by atoms with E-state index < -0.39 is 18.5 Å². The molecule has 8 heteroatoms. The number of nitriles is 1. The number of aromatic nitrogens is 2. The van der Waals surface area contributed by atoms with Crippen molar-refractivity contribution in [2.75, 3.05) is 11.9 Å². The molecule has 1 aromatic carbocycles. The maximum absolute atomic E-state index is 12.5. The minimum atomic E-state index is -0.677. The van der Waals surface area contributed by atoms with Gasteiger partial charge in [0, 0.05) is 17.2 Å². The molecule has 0 radical (unpaired) electrons. The van der Waals surface area contributed by atoms with Gasteiger partial charge in [0.15, 0.2) is 6.61 Å². The van der Waals surface area contributed by atoms with E-state index >= 15 is 0 Å². The van der Waals surface area contributed by atoms with Crippen LogP contribution >= 0.6 is 0 Å². The number of para-hydroxylation sites is 1. The number of nitrogens with one attached hydrogen (secondary N) is 1. The predicted octanol–water partition coefficient (Wildman–Crippen LogP) is 4.36. The number of carbonyl (C=O) groups excluding carboxylic acids is 2. The molecule has 4 aromatic rings. The third-order valence-electron chi connectivity index (χ3n) is 5.45. The standard InChI is InChI=1S/C26H22N4O4/c1-17-18(2)30(15-21-7-5-13-33-21)26(22(17)14-27)29-24(31)16-34-25(32)12-11-20-10-9-19-6-3-4-8-23(19)28-20/h3-13H,15-16H2,1-2H3,(H,29,31)/b12-11+. The van der Waals surface area contributed by atoms with Gasteiger partial charge in [-0.25, -0.2) is 9.78 Å². The molecule has 0 aliphatic heterocycles. The summed E-state index contributed by atoms with van der Waals surface area (Å²) in [5, 5.41) is 13.3. The van der Waals surface area contributed by atoms with E-state index in [9.17, 15) is 14.9 Å². The Hall–Kier alpha value is -4.64. The van der Waals surface area contributed by atoms with Gasteiger partial charge in [0.1, 0.15) is 17.6 Å². The lowest BCUT2D eigenvalue weighted by molar-refractivity contribution is -0.142. The minimum absolute atomic E-state index is 0.339. The van der Waals surface area contributed by atoms with E-state index in [4.69, 9.17) is 9.15 Å². The number of carbonyl (C=O) groups is 2. The Kier molecular flexibility index (Phi) is 6.55. The van der Waals surface area contributed by atoms with Gasteiger partial charge in [-0.15, -0.1) is 0 Å². The highest BCUT2D eigenvalue weighted by Crippen LogP contribution is 2.27. The summed E-state index contributed by atoms with van der Waals surface area (Å²) < 4.78 is 12.3. The molecule has 0 spiro atoms. The molecule has 0 fully saturated rings. The molecular weight excluding hydrogens is 432 g/mol. The molecule has 3 aromatic heterocycles. The fraction of sp³-hybridized carbons (Fsp3) is 0.154. The zero-order valence-corrected chi connectivity index (χ0v) is 18.7. The van der Waals surface area contributed by atoms with E-state index in [-0.39, 0.29) is 0 Å². The number of benzene rings is 1. The molecule has 1 amide bonds. The van der Waals surface area contributed by atoms with Crippen LogP contribution in [0.25, 0.3) is 17.0 Å². The van der Waals surface area contributed by atoms with Crippen LogP contribution in [0.4, 0.5) is 5.82 Å². The van der Waals surface area contributed by atoms with E-state index in [1.165, 1.54) is 12.2 Å².